The highest BCUT2D eigenvalue weighted by Gasteiger charge is 2.14. The molecule has 2 rings (SSSR count). The lowest BCUT2D eigenvalue weighted by molar-refractivity contribution is 0.102. The van der Waals surface area contributed by atoms with Gasteiger partial charge in [-0.25, -0.2) is 4.39 Å². The Bertz CT molecular complexity index is 666. The van der Waals surface area contributed by atoms with Crippen molar-refractivity contribution in [3.63, 3.8) is 0 Å². The number of carbonyl (C=O) groups excluding carboxylic acids is 1. The fourth-order valence-corrected chi connectivity index (χ4v) is 3.15. The van der Waals surface area contributed by atoms with Crippen molar-refractivity contribution in [2.24, 2.45) is 0 Å². The van der Waals surface area contributed by atoms with Crippen LogP contribution in [0.1, 0.15) is 15.9 Å². The predicted octanol–water partition coefficient (Wildman–Crippen LogP) is 4.49. The highest BCUT2D eigenvalue weighted by atomic mass is 79.9. The summed E-state index contributed by atoms with van der Waals surface area (Å²) in [6.45, 7) is 1.68. The first-order valence-electron chi connectivity index (χ1n) is 5.70. The van der Waals surface area contributed by atoms with E-state index >= 15 is 0 Å². The standard InChI is InChI=1S/C14H11Br2FN2O/c1-7-4-9(17)2-3-10(7)14(20)19-13-11(16)5-8(15)6-12(13)18/h2-6H,18H2,1H3,(H,19,20). The molecule has 0 aliphatic rings. The molecule has 0 unspecified atom stereocenters. The molecule has 6 heteroatoms. The Labute approximate surface area is 132 Å². The van der Waals surface area contributed by atoms with E-state index in [9.17, 15) is 9.18 Å². The first-order valence-corrected chi connectivity index (χ1v) is 7.29. The van der Waals surface area contributed by atoms with Crippen LogP contribution in [0.4, 0.5) is 15.8 Å². The van der Waals surface area contributed by atoms with E-state index in [0.29, 0.717) is 27.0 Å². The van der Waals surface area contributed by atoms with E-state index in [4.69, 9.17) is 5.73 Å². The third-order valence-corrected chi connectivity index (χ3v) is 3.84. The van der Waals surface area contributed by atoms with E-state index in [1.807, 2.05) is 0 Å². The van der Waals surface area contributed by atoms with E-state index in [1.165, 1.54) is 18.2 Å². The van der Waals surface area contributed by atoms with Crippen molar-refractivity contribution in [3.8, 4) is 0 Å². The molecule has 0 heterocycles. The second-order valence-corrected chi connectivity index (χ2v) is 6.04. The number of nitrogens with two attached hydrogens (primary N) is 1. The first kappa shape index (κ1) is 15.0. The maximum absolute atomic E-state index is 13.0. The Hall–Kier alpha value is -1.40. The molecule has 0 aromatic heterocycles. The van der Waals surface area contributed by atoms with Crippen molar-refractivity contribution < 1.29 is 9.18 Å². The van der Waals surface area contributed by atoms with Crippen molar-refractivity contribution >= 4 is 49.1 Å². The van der Waals surface area contributed by atoms with Crippen molar-refractivity contribution in [3.05, 3.63) is 56.2 Å². The summed E-state index contributed by atoms with van der Waals surface area (Å²) < 4.78 is 14.5. The van der Waals surface area contributed by atoms with Crippen molar-refractivity contribution in [1.82, 2.24) is 0 Å². The van der Waals surface area contributed by atoms with Crippen molar-refractivity contribution in [1.29, 1.82) is 0 Å². The molecule has 2 aromatic carbocycles. The summed E-state index contributed by atoms with van der Waals surface area (Å²) in [4.78, 5) is 12.2. The van der Waals surface area contributed by atoms with Crippen LogP contribution in [0.5, 0.6) is 0 Å². The van der Waals surface area contributed by atoms with Crippen LogP contribution in [0.2, 0.25) is 0 Å². The van der Waals surface area contributed by atoms with Crippen LogP contribution >= 0.6 is 31.9 Å². The minimum atomic E-state index is -0.372. The monoisotopic (exact) mass is 400 g/mol. The number of rotatable bonds is 2. The van der Waals surface area contributed by atoms with Gasteiger partial charge in [-0.1, -0.05) is 15.9 Å². The summed E-state index contributed by atoms with van der Waals surface area (Å²) in [7, 11) is 0. The van der Waals surface area contributed by atoms with Gasteiger partial charge in [-0.15, -0.1) is 0 Å². The van der Waals surface area contributed by atoms with Gasteiger partial charge in [0.2, 0.25) is 0 Å². The number of hydrogen-bond donors (Lipinski definition) is 2. The third-order valence-electron chi connectivity index (χ3n) is 2.76. The zero-order valence-corrected chi connectivity index (χ0v) is 13.7. The lowest BCUT2D eigenvalue weighted by atomic mass is 10.1. The van der Waals surface area contributed by atoms with Crippen LogP contribution in [0.3, 0.4) is 0 Å². The number of hydrogen-bond acceptors (Lipinski definition) is 2. The maximum Gasteiger partial charge on any atom is 0.256 e. The zero-order valence-electron chi connectivity index (χ0n) is 10.5. The fraction of sp³-hybridized carbons (Fsp3) is 0.0714. The Morgan fingerprint density at radius 1 is 1.25 bits per heavy atom. The number of benzene rings is 2. The Kier molecular flexibility index (Phi) is 4.45. The van der Waals surface area contributed by atoms with Crippen LogP contribution in [-0.4, -0.2) is 5.91 Å². The largest absolute Gasteiger partial charge is 0.397 e. The molecule has 1 amide bonds. The van der Waals surface area contributed by atoms with Gasteiger partial charge in [0.25, 0.3) is 5.91 Å². The van der Waals surface area contributed by atoms with E-state index < -0.39 is 0 Å². The molecular formula is C14H11Br2FN2O. The smallest absolute Gasteiger partial charge is 0.256 e. The number of halogens is 3. The van der Waals surface area contributed by atoms with Crippen molar-refractivity contribution in [2.45, 2.75) is 6.92 Å². The van der Waals surface area contributed by atoms with Crippen LogP contribution in [0, 0.1) is 12.7 Å². The highest BCUT2D eigenvalue weighted by molar-refractivity contribution is 9.11. The van der Waals surface area contributed by atoms with E-state index in [-0.39, 0.29) is 11.7 Å². The number of nitrogen functional groups attached to an aromatic ring is 1. The number of amides is 1. The Morgan fingerprint density at radius 2 is 1.95 bits per heavy atom. The van der Waals surface area contributed by atoms with Gasteiger partial charge in [-0.05, 0) is 58.7 Å². The van der Waals surface area contributed by atoms with Gasteiger partial charge in [0, 0.05) is 14.5 Å². The quantitative estimate of drug-likeness (QED) is 0.728. The summed E-state index contributed by atoms with van der Waals surface area (Å²) in [6, 6.07) is 7.49. The Morgan fingerprint density at radius 3 is 2.55 bits per heavy atom. The molecule has 0 saturated heterocycles. The summed E-state index contributed by atoms with van der Waals surface area (Å²) in [5.74, 6) is -0.708. The summed E-state index contributed by atoms with van der Waals surface area (Å²) in [5, 5.41) is 2.73. The topological polar surface area (TPSA) is 55.1 Å². The second-order valence-electron chi connectivity index (χ2n) is 4.27. The molecular weight excluding hydrogens is 391 g/mol. The normalized spacial score (nSPS) is 10.4. The molecule has 3 nitrogen and oxygen atoms in total. The van der Waals surface area contributed by atoms with Gasteiger partial charge in [0.15, 0.2) is 0 Å². The molecule has 0 aliphatic carbocycles. The number of anilines is 2. The number of aryl methyl sites for hydroxylation is 1. The molecule has 0 radical (unpaired) electrons. The highest BCUT2D eigenvalue weighted by Crippen LogP contribution is 2.33. The van der Waals surface area contributed by atoms with Gasteiger partial charge < -0.3 is 11.1 Å². The lowest BCUT2D eigenvalue weighted by Gasteiger charge is -2.12. The molecule has 0 atom stereocenters. The number of nitrogens with one attached hydrogen (secondary N) is 1. The SMILES string of the molecule is Cc1cc(F)ccc1C(=O)Nc1c(N)cc(Br)cc1Br. The average Bonchev–Trinajstić information content (AvgIpc) is 2.33. The molecule has 0 fully saturated rings. The molecule has 3 N–H and O–H groups in total. The lowest BCUT2D eigenvalue weighted by Crippen LogP contribution is -2.15. The molecule has 0 saturated carbocycles. The van der Waals surface area contributed by atoms with Crippen LogP contribution < -0.4 is 11.1 Å². The maximum atomic E-state index is 13.0. The second kappa shape index (κ2) is 5.93. The van der Waals surface area contributed by atoms with Gasteiger partial charge in [-0.3, -0.25) is 4.79 Å². The summed E-state index contributed by atoms with van der Waals surface area (Å²) >= 11 is 6.66. The summed E-state index contributed by atoms with van der Waals surface area (Å²) in [6.07, 6.45) is 0. The number of carbonyl (C=O) groups is 1. The molecule has 20 heavy (non-hydrogen) atoms. The molecule has 0 bridgehead atoms. The molecule has 2 aromatic rings. The predicted molar refractivity (Wildman–Crippen MR) is 85.3 cm³/mol. The van der Waals surface area contributed by atoms with Gasteiger partial charge in [0.1, 0.15) is 5.82 Å². The fourth-order valence-electron chi connectivity index (χ4n) is 1.79. The average molecular weight is 402 g/mol. The van der Waals surface area contributed by atoms with E-state index in [2.05, 4.69) is 37.2 Å². The van der Waals surface area contributed by atoms with Gasteiger partial charge >= 0.3 is 0 Å². The van der Waals surface area contributed by atoms with Crippen molar-refractivity contribution in [2.75, 3.05) is 11.1 Å². The molecule has 0 aliphatic heterocycles. The van der Waals surface area contributed by atoms with Crippen LogP contribution in [-0.2, 0) is 0 Å². The van der Waals surface area contributed by atoms with Gasteiger partial charge in [-0.2, -0.15) is 0 Å². The summed E-state index contributed by atoms with van der Waals surface area (Å²) in [5.41, 5.74) is 7.76. The van der Waals surface area contributed by atoms with E-state index in [0.717, 1.165) is 4.47 Å². The van der Waals surface area contributed by atoms with E-state index in [1.54, 1.807) is 19.1 Å². The Balaban J connectivity index is 2.33. The minimum Gasteiger partial charge on any atom is -0.397 e. The van der Waals surface area contributed by atoms with Gasteiger partial charge in [0.05, 0.1) is 11.4 Å². The van der Waals surface area contributed by atoms with Crippen LogP contribution in [0.15, 0.2) is 39.3 Å². The molecule has 0 spiro atoms. The first-order chi connectivity index (χ1) is 9.38. The van der Waals surface area contributed by atoms with Crippen LogP contribution in [0.25, 0.3) is 0 Å². The third kappa shape index (κ3) is 3.19. The minimum absolute atomic E-state index is 0.336. The molecule has 104 valence electrons. The zero-order chi connectivity index (χ0) is 14.9.